The van der Waals surface area contributed by atoms with E-state index in [2.05, 4.69) is 25.3 Å². The summed E-state index contributed by atoms with van der Waals surface area (Å²) in [7, 11) is 0. The average Bonchev–Trinajstić information content (AvgIpc) is 3.55. The fourth-order valence-corrected chi connectivity index (χ4v) is 3.65. The van der Waals surface area contributed by atoms with Crippen LogP contribution in [0.25, 0.3) is 17.0 Å². The number of para-hydroxylation sites is 1. The summed E-state index contributed by atoms with van der Waals surface area (Å²) in [5.41, 5.74) is 2.07. The third-order valence-electron chi connectivity index (χ3n) is 5.26. The summed E-state index contributed by atoms with van der Waals surface area (Å²) in [5.74, 6) is 1.55. The molecule has 5 rings (SSSR count). The molecular formula is C21H21N7O3. The number of aromatic nitrogens is 5. The second kappa shape index (κ2) is 8.15. The fourth-order valence-electron chi connectivity index (χ4n) is 3.65. The molecule has 0 atom stereocenters. The zero-order chi connectivity index (χ0) is 21.2. The van der Waals surface area contributed by atoms with Crippen molar-refractivity contribution in [1.29, 1.82) is 0 Å². The van der Waals surface area contributed by atoms with Gasteiger partial charge in [-0.05, 0) is 12.1 Å². The lowest BCUT2D eigenvalue weighted by molar-refractivity contribution is 0.0624. The van der Waals surface area contributed by atoms with Gasteiger partial charge in [-0.3, -0.25) is 9.69 Å². The number of carbonyl (C=O) groups is 1. The molecule has 4 heterocycles. The van der Waals surface area contributed by atoms with Gasteiger partial charge in [-0.15, -0.1) is 0 Å². The smallest absolute Gasteiger partial charge is 0.259 e. The molecule has 4 aromatic rings. The van der Waals surface area contributed by atoms with Gasteiger partial charge in [0.25, 0.3) is 5.91 Å². The Morgan fingerprint density at radius 3 is 2.61 bits per heavy atom. The number of rotatable bonds is 5. The number of benzene rings is 1. The average molecular weight is 419 g/mol. The Morgan fingerprint density at radius 2 is 1.87 bits per heavy atom. The lowest BCUT2D eigenvalue weighted by Crippen LogP contribution is -2.48. The highest BCUT2D eigenvalue weighted by Gasteiger charge is 2.27. The molecule has 3 aromatic heterocycles. The van der Waals surface area contributed by atoms with Crippen LogP contribution < -0.4 is 0 Å². The number of hydrogen-bond acceptors (Lipinski definition) is 8. The van der Waals surface area contributed by atoms with Gasteiger partial charge < -0.3 is 13.9 Å². The van der Waals surface area contributed by atoms with E-state index in [9.17, 15) is 4.79 Å². The first-order chi connectivity index (χ1) is 15.2. The van der Waals surface area contributed by atoms with Crippen LogP contribution in [0.2, 0.25) is 0 Å². The second-order valence-corrected chi connectivity index (χ2v) is 7.38. The molecule has 1 amide bonds. The largest absolute Gasteiger partial charge is 0.355 e. The van der Waals surface area contributed by atoms with Gasteiger partial charge in [0.05, 0.1) is 30.2 Å². The van der Waals surface area contributed by atoms with Crippen molar-refractivity contribution in [3.05, 3.63) is 66.2 Å². The number of aryl methyl sites for hydroxylation is 1. The van der Waals surface area contributed by atoms with Gasteiger partial charge in [0.1, 0.15) is 5.56 Å². The van der Waals surface area contributed by atoms with Crippen LogP contribution in [0.1, 0.15) is 22.1 Å². The maximum absolute atomic E-state index is 13.1. The molecule has 1 saturated heterocycles. The van der Waals surface area contributed by atoms with Crippen LogP contribution >= 0.6 is 0 Å². The summed E-state index contributed by atoms with van der Waals surface area (Å²) in [5, 5.41) is 12.2. The first kappa shape index (κ1) is 19.2. The van der Waals surface area contributed by atoms with E-state index >= 15 is 0 Å². The molecule has 0 saturated carbocycles. The summed E-state index contributed by atoms with van der Waals surface area (Å²) >= 11 is 0. The Kier molecular flexibility index (Phi) is 5.04. The van der Waals surface area contributed by atoms with E-state index in [0.29, 0.717) is 48.2 Å². The van der Waals surface area contributed by atoms with Gasteiger partial charge >= 0.3 is 0 Å². The Bertz CT molecular complexity index is 1170. The highest BCUT2D eigenvalue weighted by molar-refractivity contribution is 5.99. The predicted molar refractivity (Wildman–Crippen MR) is 109 cm³/mol. The summed E-state index contributed by atoms with van der Waals surface area (Å²) in [4.78, 5) is 21.4. The highest BCUT2D eigenvalue weighted by atomic mass is 16.5. The molecular weight excluding hydrogens is 398 g/mol. The Labute approximate surface area is 178 Å². The van der Waals surface area contributed by atoms with Crippen LogP contribution in [0.4, 0.5) is 0 Å². The van der Waals surface area contributed by atoms with Crippen LogP contribution in [0.5, 0.6) is 0 Å². The molecule has 10 heteroatoms. The van der Waals surface area contributed by atoms with E-state index in [1.54, 1.807) is 17.8 Å². The molecule has 0 bridgehead atoms. The minimum atomic E-state index is -0.0984. The third-order valence-corrected chi connectivity index (χ3v) is 5.26. The van der Waals surface area contributed by atoms with Crippen LogP contribution in [0.3, 0.4) is 0 Å². The van der Waals surface area contributed by atoms with Crippen LogP contribution in [0.15, 0.2) is 58.0 Å². The van der Waals surface area contributed by atoms with E-state index < -0.39 is 0 Å². The summed E-state index contributed by atoms with van der Waals surface area (Å²) < 4.78 is 12.2. The van der Waals surface area contributed by atoms with Crippen molar-refractivity contribution in [2.75, 3.05) is 26.2 Å². The lowest BCUT2D eigenvalue weighted by atomic mass is 10.1. The van der Waals surface area contributed by atoms with E-state index in [0.717, 1.165) is 18.8 Å². The van der Waals surface area contributed by atoms with E-state index in [-0.39, 0.29) is 5.91 Å². The molecule has 1 fully saturated rings. The molecule has 158 valence electrons. The first-order valence-electron chi connectivity index (χ1n) is 10.0. The van der Waals surface area contributed by atoms with E-state index in [4.69, 9.17) is 9.05 Å². The molecule has 0 unspecified atom stereocenters. The molecule has 0 spiro atoms. The minimum absolute atomic E-state index is 0.0984. The van der Waals surface area contributed by atoms with Crippen molar-refractivity contribution < 1.29 is 13.8 Å². The maximum atomic E-state index is 13.1. The second-order valence-electron chi connectivity index (χ2n) is 7.38. The van der Waals surface area contributed by atoms with E-state index in [1.165, 1.54) is 6.20 Å². The topological polar surface area (TPSA) is 106 Å². The monoisotopic (exact) mass is 419 g/mol. The van der Waals surface area contributed by atoms with Crippen molar-refractivity contribution in [3.63, 3.8) is 0 Å². The van der Waals surface area contributed by atoms with Gasteiger partial charge in [0.15, 0.2) is 11.6 Å². The third kappa shape index (κ3) is 3.97. The molecule has 1 aromatic carbocycles. The summed E-state index contributed by atoms with van der Waals surface area (Å²) in [6, 6.07) is 9.75. The molecule has 0 N–H and O–H groups in total. The molecule has 1 aliphatic rings. The molecule has 0 aliphatic carbocycles. The van der Waals surface area contributed by atoms with Gasteiger partial charge in [-0.2, -0.15) is 10.1 Å². The number of hydrogen-bond donors (Lipinski definition) is 0. The summed E-state index contributed by atoms with van der Waals surface area (Å²) in [6.07, 6.45) is 4.98. The number of nitrogens with zero attached hydrogens (tertiary/aromatic N) is 7. The number of amides is 1. The van der Waals surface area contributed by atoms with Crippen LogP contribution in [-0.4, -0.2) is 67.0 Å². The van der Waals surface area contributed by atoms with Crippen LogP contribution in [0, 0.1) is 6.92 Å². The van der Waals surface area contributed by atoms with Crippen LogP contribution in [-0.2, 0) is 6.54 Å². The Hall–Kier alpha value is -3.79. The number of carbonyl (C=O) groups excluding carboxylic acids is 1. The molecule has 10 nitrogen and oxygen atoms in total. The van der Waals surface area contributed by atoms with Crippen molar-refractivity contribution in [2.24, 2.45) is 0 Å². The van der Waals surface area contributed by atoms with E-state index in [1.807, 2.05) is 41.4 Å². The van der Waals surface area contributed by atoms with Gasteiger partial charge in [0, 0.05) is 39.3 Å². The Balaban J connectivity index is 1.27. The normalized spacial score (nSPS) is 14.8. The minimum Gasteiger partial charge on any atom is -0.355 e. The van der Waals surface area contributed by atoms with Crippen molar-refractivity contribution >= 4 is 5.91 Å². The van der Waals surface area contributed by atoms with Crippen molar-refractivity contribution in [3.8, 4) is 17.0 Å². The zero-order valence-corrected chi connectivity index (χ0v) is 17.0. The van der Waals surface area contributed by atoms with Crippen molar-refractivity contribution in [1.82, 2.24) is 34.9 Å². The maximum Gasteiger partial charge on any atom is 0.259 e. The Morgan fingerprint density at radius 1 is 1.06 bits per heavy atom. The van der Waals surface area contributed by atoms with Gasteiger partial charge in [0.2, 0.25) is 5.89 Å². The molecule has 31 heavy (non-hydrogen) atoms. The highest BCUT2D eigenvalue weighted by Crippen LogP contribution is 2.25. The molecule has 0 radical (unpaired) electrons. The fraction of sp³-hybridized carbons (Fsp3) is 0.286. The van der Waals surface area contributed by atoms with Gasteiger partial charge in [-0.1, -0.05) is 28.5 Å². The first-order valence-corrected chi connectivity index (χ1v) is 10.0. The number of piperazine rings is 1. The SMILES string of the molecule is Cc1nc(CN2CCN(C(=O)c3cnoc3-c3cnn(-c4ccccc4)c3)CC2)no1. The lowest BCUT2D eigenvalue weighted by Gasteiger charge is -2.33. The van der Waals surface area contributed by atoms with Gasteiger partial charge in [-0.25, -0.2) is 4.68 Å². The summed E-state index contributed by atoms with van der Waals surface area (Å²) in [6.45, 7) is 5.04. The zero-order valence-electron chi connectivity index (χ0n) is 17.0. The quantitative estimate of drug-likeness (QED) is 0.485. The predicted octanol–water partition coefficient (Wildman–Crippen LogP) is 2.18. The molecule has 1 aliphatic heterocycles. The van der Waals surface area contributed by atoms with Crippen molar-refractivity contribution in [2.45, 2.75) is 13.5 Å². The standard InChI is InChI=1S/C21H21N7O3/c1-15-24-19(25-30-15)14-26-7-9-27(10-8-26)21(29)18-12-23-31-20(18)16-11-22-28(13-16)17-5-3-2-4-6-17/h2-6,11-13H,7-10,14H2,1H3.